The molecule has 1 aromatic heterocycles. The topological polar surface area (TPSA) is 45.2 Å². The second kappa shape index (κ2) is 6.64. The quantitative estimate of drug-likeness (QED) is 0.863. The number of nitrogens with zero attached hydrogens (tertiary/aromatic N) is 1. The second-order valence-electron chi connectivity index (χ2n) is 5.65. The minimum atomic E-state index is -0.0719. The molecule has 1 fully saturated rings. The van der Waals surface area contributed by atoms with Crippen LogP contribution in [0.15, 0.2) is 5.38 Å². The van der Waals surface area contributed by atoms with Crippen LogP contribution in [0.3, 0.4) is 0 Å². The van der Waals surface area contributed by atoms with Gasteiger partial charge in [0.1, 0.15) is 0 Å². The van der Waals surface area contributed by atoms with E-state index >= 15 is 0 Å². The van der Waals surface area contributed by atoms with E-state index in [0.717, 1.165) is 31.6 Å². The normalized spacial score (nSPS) is 24.7. The zero-order valence-corrected chi connectivity index (χ0v) is 12.2. The molecule has 1 aliphatic rings. The van der Waals surface area contributed by atoms with Crippen molar-refractivity contribution in [3.05, 3.63) is 16.1 Å². The highest BCUT2D eigenvalue weighted by Crippen LogP contribution is 2.23. The van der Waals surface area contributed by atoms with Crippen LogP contribution >= 0.6 is 11.3 Å². The summed E-state index contributed by atoms with van der Waals surface area (Å²) in [6.45, 7) is 6.22. The van der Waals surface area contributed by atoms with Crippen molar-refractivity contribution in [1.82, 2.24) is 10.3 Å². The molecule has 0 bridgehead atoms. The molecule has 1 aromatic rings. The van der Waals surface area contributed by atoms with Crippen molar-refractivity contribution in [3.8, 4) is 0 Å². The minimum absolute atomic E-state index is 0.0719. The Bertz CT molecular complexity index is 364. The van der Waals surface area contributed by atoms with Gasteiger partial charge in [-0.2, -0.15) is 0 Å². The fourth-order valence-corrected chi connectivity index (χ4v) is 3.36. The van der Waals surface area contributed by atoms with Gasteiger partial charge in [-0.25, -0.2) is 4.98 Å². The molecule has 4 heteroatoms. The number of aliphatic hydroxyl groups excluding tert-OH is 1. The Hall–Kier alpha value is -0.450. The molecule has 2 rings (SSSR count). The highest BCUT2D eigenvalue weighted by atomic mass is 32.1. The number of rotatable bonds is 5. The van der Waals surface area contributed by atoms with Gasteiger partial charge in [0.15, 0.2) is 0 Å². The molecule has 2 N–H and O–H groups in total. The van der Waals surface area contributed by atoms with Crippen LogP contribution in [-0.4, -0.2) is 22.7 Å². The van der Waals surface area contributed by atoms with E-state index in [4.69, 9.17) is 0 Å². The lowest BCUT2D eigenvalue weighted by Crippen LogP contribution is -2.29. The van der Waals surface area contributed by atoms with E-state index in [1.165, 1.54) is 17.8 Å². The lowest BCUT2D eigenvalue weighted by molar-refractivity contribution is 0.101. The summed E-state index contributed by atoms with van der Waals surface area (Å²) in [6.07, 6.45) is 4.29. The largest absolute Gasteiger partial charge is 0.393 e. The van der Waals surface area contributed by atoms with Gasteiger partial charge in [0, 0.05) is 17.8 Å². The van der Waals surface area contributed by atoms with Crippen LogP contribution in [0.2, 0.25) is 0 Å². The van der Waals surface area contributed by atoms with Gasteiger partial charge in [0.25, 0.3) is 0 Å². The first kappa shape index (κ1) is 14.0. The van der Waals surface area contributed by atoms with E-state index in [2.05, 4.69) is 29.5 Å². The van der Waals surface area contributed by atoms with Crippen molar-refractivity contribution in [2.45, 2.75) is 58.1 Å². The van der Waals surface area contributed by atoms with Crippen LogP contribution in [0.1, 0.15) is 56.2 Å². The van der Waals surface area contributed by atoms with Gasteiger partial charge in [-0.15, -0.1) is 11.3 Å². The Labute approximate surface area is 114 Å². The van der Waals surface area contributed by atoms with E-state index < -0.39 is 0 Å². The fraction of sp³-hybridized carbons (Fsp3) is 0.786. The molecule has 0 amide bonds. The third kappa shape index (κ3) is 4.04. The molecule has 1 saturated carbocycles. The van der Waals surface area contributed by atoms with Crippen molar-refractivity contribution in [3.63, 3.8) is 0 Å². The van der Waals surface area contributed by atoms with Gasteiger partial charge < -0.3 is 10.4 Å². The smallest absolute Gasteiger partial charge is 0.0954 e. The van der Waals surface area contributed by atoms with E-state index in [-0.39, 0.29) is 6.10 Å². The van der Waals surface area contributed by atoms with Gasteiger partial charge in [0.05, 0.1) is 16.8 Å². The molecular formula is C14H24N2OS. The second-order valence-corrected chi connectivity index (χ2v) is 6.54. The highest BCUT2D eigenvalue weighted by Gasteiger charge is 2.19. The Morgan fingerprint density at radius 1 is 1.50 bits per heavy atom. The molecule has 0 spiro atoms. The summed E-state index contributed by atoms with van der Waals surface area (Å²) in [6, 6.07) is 0. The maximum absolute atomic E-state index is 9.62. The fourth-order valence-electron chi connectivity index (χ4n) is 2.52. The Morgan fingerprint density at radius 3 is 3.00 bits per heavy atom. The SMILES string of the molecule is CC(C)c1nc(CNCC2CCCC(O)C2)cs1. The molecular weight excluding hydrogens is 244 g/mol. The molecule has 0 saturated heterocycles. The van der Waals surface area contributed by atoms with Crippen molar-refractivity contribution in [2.75, 3.05) is 6.54 Å². The summed E-state index contributed by atoms with van der Waals surface area (Å²) >= 11 is 1.75. The molecule has 0 aliphatic heterocycles. The van der Waals surface area contributed by atoms with Crippen LogP contribution in [0.4, 0.5) is 0 Å². The van der Waals surface area contributed by atoms with Gasteiger partial charge in [-0.05, 0) is 31.7 Å². The van der Waals surface area contributed by atoms with Crippen LogP contribution in [0, 0.1) is 5.92 Å². The van der Waals surface area contributed by atoms with E-state index in [9.17, 15) is 5.11 Å². The third-order valence-electron chi connectivity index (χ3n) is 3.56. The molecule has 1 aliphatic carbocycles. The summed E-state index contributed by atoms with van der Waals surface area (Å²) in [5.74, 6) is 1.16. The lowest BCUT2D eigenvalue weighted by Gasteiger charge is -2.25. The van der Waals surface area contributed by atoms with Crippen molar-refractivity contribution >= 4 is 11.3 Å². The summed E-state index contributed by atoms with van der Waals surface area (Å²) < 4.78 is 0. The lowest BCUT2D eigenvalue weighted by atomic mass is 9.87. The molecule has 2 atom stereocenters. The highest BCUT2D eigenvalue weighted by molar-refractivity contribution is 7.09. The van der Waals surface area contributed by atoms with E-state index in [0.29, 0.717) is 11.8 Å². The average molecular weight is 268 g/mol. The third-order valence-corrected chi connectivity index (χ3v) is 4.75. The summed E-state index contributed by atoms with van der Waals surface area (Å²) in [4.78, 5) is 4.61. The average Bonchev–Trinajstić information content (AvgIpc) is 2.78. The zero-order valence-electron chi connectivity index (χ0n) is 11.4. The molecule has 0 aromatic carbocycles. The Balaban J connectivity index is 1.71. The van der Waals surface area contributed by atoms with Crippen molar-refractivity contribution < 1.29 is 5.11 Å². The molecule has 102 valence electrons. The molecule has 1 heterocycles. The summed E-state index contributed by atoms with van der Waals surface area (Å²) in [5.41, 5.74) is 1.15. The van der Waals surface area contributed by atoms with E-state index in [1.54, 1.807) is 11.3 Å². The number of aromatic nitrogens is 1. The maximum Gasteiger partial charge on any atom is 0.0954 e. The molecule has 3 nitrogen and oxygen atoms in total. The predicted molar refractivity (Wildman–Crippen MR) is 75.9 cm³/mol. The standard InChI is InChI=1S/C14H24N2OS/c1-10(2)14-16-12(9-18-14)8-15-7-11-4-3-5-13(17)6-11/h9-11,13,15,17H,3-8H2,1-2H3. The minimum Gasteiger partial charge on any atom is -0.393 e. The predicted octanol–water partition coefficient (Wildman–Crippen LogP) is 2.91. The molecule has 0 radical (unpaired) electrons. The van der Waals surface area contributed by atoms with Crippen LogP contribution in [0.5, 0.6) is 0 Å². The van der Waals surface area contributed by atoms with Crippen LogP contribution in [-0.2, 0) is 6.54 Å². The Morgan fingerprint density at radius 2 is 2.33 bits per heavy atom. The van der Waals surface area contributed by atoms with Crippen molar-refractivity contribution in [2.24, 2.45) is 5.92 Å². The van der Waals surface area contributed by atoms with Crippen LogP contribution < -0.4 is 5.32 Å². The summed E-state index contributed by atoms with van der Waals surface area (Å²) in [5, 5.41) is 16.5. The molecule has 2 unspecified atom stereocenters. The number of nitrogens with one attached hydrogen (secondary N) is 1. The maximum atomic E-state index is 9.62. The van der Waals surface area contributed by atoms with Gasteiger partial charge in [-0.1, -0.05) is 20.3 Å². The first-order chi connectivity index (χ1) is 8.65. The number of hydrogen-bond acceptors (Lipinski definition) is 4. The van der Waals surface area contributed by atoms with Crippen LogP contribution in [0.25, 0.3) is 0 Å². The number of hydrogen-bond donors (Lipinski definition) is 2. The Kier molecular flexibility index (Phi) is 5.15. The first-order valence-electron chi connectivity index (χ1n) is 6.98. The van der Waals surface area contributed by atoms with Gasteiger partial charge in [-0.3, -0.25) is 0 Å². The number of thiazole rings is 1. The van der Waals surface area contributed by atoms with Crippen molar-refractivity contribution in [1.29, 1.82) is 0 Å². The molecule has 18 heavy (non-hydrogen) atoms. The number of aliphatic hydroxyl groups is 1. The summed E-state index contributed by atoms with van der Waals surface area (Å²) in [7, 11) is 0. The van der Waals surface area contributed by atoms with Gasteiger partial charge in [0.2, 0.25) is 0 Å². The van der Waals surface area contributed by atoms with E-state index in [1.807, 2.05) is 0 Å². The van der Waals surface area contributed by atoms with Gasteiger partial charge >= 0.3 is 0 Å². The monoisotopic (exact) mass is 268 g/mol. The zero-order chi connectivity index (χ0) is 13.0. The first-order valence-corrected chi connectivity index (χ1v) is 7.86.